The lowest BCUT2D eigenvalue weighted by atomic mass is 10.2. The maximum Gasteiger partial charge on any atom is 0.234 e. The van der Waals surface area contributed by atoms with Gasteiger partial charge in [-0.1, -0.05) is 17.7 Å². The van der Waals surface area contributed by atoms with Crippen molar-refractivity contribution in [3.05, 3.63) is 52.8 Å². The molecule has 0 unspecified atom stereocenters. The molecule has 4 nitrogen and oxygen atoms in total. The summed E-state index contributed by atoms with van der Waals surface area (Å²) in [7, 11) is 0. The molecule has 0 radical (unpaired) electrons. The summed E-state index contributed by atoms with van der Waals surface area (Å²) >= 11 is 7.10. The number of thioether (sulfide) groups is 1. The molecule has 23 heavy (non-hydrogen) atoms. The highest BCUT2D eigenvalue weighted by molar-refractivity contribution is 7.99. The van der Waals surface area contributed by atoms with Gasteiger partial charge in [0, 0.05) is 10.8 Å². The number of hydrogen-bond acceptors (Lipinski definition) is 4. The van der Waals surface area contributed by atoms with E-state index >= 15 is 0 Å². The van der Waals surface area contributed by atoms with E-state index in [9.17, 15) is 9.18 Å². The van der Waals surface area contributed by atoms with Gasteiger partial charge in [-0.2, -0.15) is 0 Å². The molecule has 1 N–H and O–H groups in total. The lowest BCUT2D eigenvalue weighted by molar-refractivity contribution is -0.113. The smallest absolute Gasteiger partial charge is 0.234 e. The topological polar surface area (TPSA) is 47.6 Å². The molecule has 0 aliphatic carbocycles. The summed E-state index contributed by atoms with van der Waals surface area (Å²) in [6.07, 6.45) is 0. The maximum atomic E-state index is 13.6. The van der Waals surface area contributed by atoms with Gasteiger partial charge in [-0.15, -0.1) is 11.8 Å². The predicted molar refractivity (Wildman–Crippen MR) is 88.8 cm³/mol. The standard InChI is InChI=1S/C16H13ClFNO3S/c17-11-2-3-13(12(18)6-11)19-16(20)8-23-7-10-1-4-14-15(5-10)22-9-21-14/h1-6H,7-9H2,(H,19,20). The first-order valence-corrected chi connectivity index (χ1v) is 8.36. The van der Waals surface area contributed by atoms with Gasteiger partial charge in [0.25, 0.3) is 0 Å². The van der Waals surface area contributed by atoms with E-state index < -0.39 is 5.82 Å². The van der Waals surface area contributed by atoms with Crippen LogP contribution < -0.4 is 14.8 Å². The highest BCUT2D eigenvalue weighted by Crippen LogP contribution is 2.33. The van der Waals surface area contributed by atoms with Crippen LogP contribution >= 0.6 is 23.4 Å². The minimum absolute atomic E-state index is 0.128. The van der Waals surface area contributed by atoms with E-state index in [-0.39, 0.29) is 29.2 Å². The summed E-state index contributed by atoms with van der Waals surface area (Å²) in [5.74, 6) is 1.50. The van der Waals surface area contributed by atoms with Crippen molar-refractivity contribution < 1.29 is 18.7 Å². The van der Waals surface area contributed by atoms with Crippen LogP contribution in [0.2, 0.25) is 5.02 Å². The Morgan fingerprint density at radius 3 is 2.87 bits per heavy atom. The highest BCUT2D eigenvalue weighted by Gasteiger charge is 2.13. The van der Waals surface area contributed by atoms with Crippen molar-refractivity contribution in [2.45, 2.75) is 5.75 Å². The number of ether oxygens (including phenoxy) is 2. The Kier molecular flexibility index (Phi) is 4.93. The van der Waals surface area contributed by atoms with Crippen LogP contribution in [0.3, 0.4) is 0 Å². The number of halogens is 2. The summed E-state index contributed by atoms with van der Waals surface area (Å²) in [5.41, 5.74) is 1.16. The molecule has 1 amide bonds. The quantitative estimate of drug-likeness (QED) is 0.879. The van der Waals surface area contributed by atoms with Gasteiger partial charge in [-0.25, -0.2) is 4.39 Å². The Hall–Kier alpha value is -1.92. The number of fused-ring (bicyclic) bond motifs is 1. The zero-order valence-electron chi connectivity index (χ0n) is 12.0. The van der Waals surface area contributed by atoms with Crippen LogP contribution in [-0.4, -0.2) is 18.5 Å². The summed E-state index contributed by atoms with van der Waals surface area (Å²) in [6.45, 7) is 0.237. The molecule has 1 heterocycles. The molecule has 0 bridgehead atoms. The number of benzene rings is 2. The number of anilines is 1. The lowest BCUT2D eigenvalue weighted by Gasteiger charge is -2.07. The van der Waals surface area contributed by atoms with Crippen molar-refractivity contribution in [2.24, 2.45) is 0 Å². The van der Waals surface area contributed by atoms with Crippen LogP contribution in [0.15, 0.2) is 36.4 Å². The third-order valence-electron chi connectivity index (χ3n) is 3.14. The minimum atomic E-state index is -0.549. The van der Waals surface area contributed by atoms with Crippen LogP contribution in [0.1, 0.15) is 5.56 Å². The molecule has 2 aromatic carbocycles. The second-order valence-electron chi connectivity index (χ2n) is 4.85. The minimum Gasteiger partial charge on any atom is -0.454 e. The van der Waals surface area contributed by atoms with Crippen molar-refractivity contribution in [2.75, 3.05) is 17.9 Å². The van der Waals surface area contributed by atoms with Crippen LogP contribution in [0.5, 0.6) is 11.5 Å². The monoisotopic (exact) mass is 353 g/mol. The molecule has 2 aromatic rings. The zero-order valence-corrected chi connectivity index (χ0v) is 13.5. The fourth-order valence-corrected chi connectivity index (χ4v) is 3.00. The Morgan fingerprint density at radius 2 is 2.04 bits per heavy atom. The van der Waals surface area contributed by atoms with E-state index in [1.165, 1.54) is 23.9 Å². The Balaban J connectivity index is 1.49. The van der Waals surface area contributed by atoms with Gasteiger partial charge in [0.15, 0.2) is 11.5 Å². The molecule has 0 spiro atoms. The molecule has 1 aliphatic rings. The van der Waals surface area contributed by atoms with E-state index in [4.69, 9.17) is 21.1 Å². The molecule has 7 heteroatoms. The third kappa shape index (κ3) is 4.09. The largest absolute Gasteiger partial charge is 0.454 e. The average molecular weight is 354 g/mol. The van der Waals surface area contributed by atoms with Crippen LogP contribution in [0.25, 0.3) is 0 Å². The van der Waals surface area contributed by atoms with E-state index in [2.05, 4.69) is 5.32 Å². The highest BCUT2D eigenvalue weighted by atomic mass is 35.5. The third-order valence-corrected chi connectivity index (χ3v) is 4.38. The molecular weight excluding hydrogens is 341 g/mol. The summed E-state index contributed by atoms with van der Waals surface area (Å²) in [5, 5.41) is 2.82. The van der Waals surface area contributed by atoms with Gasteiger partial charge in [0.05, 0.1) is 11.4 Å². The van der Waals surface area contributed by atoms with Gasteiger partial charge in [-0.3, -0.25) is 4.79 Å². The first-order valence-electron chi connectivity index (χ1n) is 6.83. The first kappa shape index (κ1) is 16.0. The summed E-state index contributed by atoms with van der Waals surface area (Å²) in [4.78, 5) is 11.9. The Bertz CT molecular complexity index is 741. The first-order chi connectivity index (χ1) is 11.1. The molecule has 0 saturated carbocycles. The number of carbonyl (C=O) groups is 1. The van der Waals surface area contributed by atoms with E-state index in [0.29, 0.717) is 5.75 Å². The van der Waals surface area contributed by atoms with Crippen LogP contribution in [0, 0.1) is 5.82 Å². The van der Waals surface area contributed by atoms with Crippen molar-refractivity contribution in [1.82, 2.24) is 0 Å². The molecule has 0 saturated heterocycles. The van der Waals surface area contributed by atoms with E-state index in [1.807, 2.05) is 18.2 Å². The second kappa shape index (κ2) is 7.10. The predicted octanol–water partition coefficient (Wildman–Crippen LogP) is 4.08. The molecule has 3 rings (SSSR count). The summed E-state index contributed by atoms with van der Waals surface area (Å²) < 4.78 is 24.1. The van der Waals surface area contributed by atoms with Crippen LogP contribution in [0.4, 0.5) is 10.1 Å². The van der Waals surface area contributed by atoms with Crippen molar-refractivity contribution in [3.63, 3.8) is 0 Å². The average Bonchev–Trinajstić information content (AvgIpc) is 2.98. The number of amides is 1. The van der Waals surface area contributed by atoms with Gasteiger partial charge >= 0.3 is 0 Å². The summed E-state index contributed by atoms with van der Waals surface area (Å²) in [6, 6.07) is 9.81. The zero-order chi connectivity index (χ0) is 16.2. The van der Waals surface area contributed by atoms with Gasteiger partial charge < -0.3 is 14.8 Å². The second-order valence-corrected chi connectivity index (χ2v) is 6.27. The maximum absolute atomic E-state index is 13.6. The normalized spacial score (nSPS) is 12.3. The number of nitrogens with one attached hydrogen (secondary N) is 1. The van der Waals surface area contributed by atoms with Crippen molar-refractivity contribution >= 4 is 35.0 Å². The SMILES string of the molecule is O=C(CSCc1ccc2c(c1)OCO2)Nc1ccc(Cl)cc1F. The molecule has 0 aromatic heterocycles. The Morgan fingerprint density at radius 1 is 1.22 bits per heavy atom. The van der Waals surface area contributed by atoms with Crippen LogP contribution in [-0.2, 0) is 10.5 Å². The number of carbonyl (C=O) groups excluding carboxylic acids is 1. The molecule has 120 valence electrons. The van der Waals surface area contributed by atoms with Gasteiger partial charge in [0.1, 0.15) is 5.82 Å². The fraction of sp³-hybridized carbons (Fsp3) is 0.188. The number of rotatable bonds is 5. The van der Waals surface area contributed by atoms with Crippen molar-refractivity contribution in [1.29, 1.82) is 0 Å². The van der Waals surface area contributed by atoms with Gasteiger partial charge in [0.2, 0.25) is 12.7 Å². The molecule has 0 atom stereocenters. The van der Waals surface area contributed by atoms with E-state index in [0.717, 1.165) is 23.1 Å². The Labute approximate surface area is 141 Å². The number of hydrogen-bond donors (Lipinski definition) is 1. The van der Waals surface area contributed by atoms with E-state index in [1.54, 1.807) is 0 Å². The lowest BCUT2D eigenvalue weighted by Crippen LogP contribution is -2.15. The van der Waals surface area contributed by atoms with Gasteiger partial charge in [-0.05, 0) is 35.9 Å². The molecule has 0 fully saturated rings. The molecular formula is C16H13ClFNO3S. The van der Waals surface area contributed by atoms with Crippen molar-refractivity contribution in [3.8, 4) is 11.5 Å². The molecule has 1 aliphatic heterocycles. The fourth-order valence-electron chi connectivity index (χ4n) is 2.07.